The number of nitrogens with zero attached hydrogens (tertiary/aromatic N) is 3. The highest BCUT2D eigenvalue weighted by atomic mass is 15.4. The Hall–Kier alpha value is -1.52. The van der Waals surface area contributed by atoms with E-state index in [0.717, 1.165) is 23.1 Å². The van der Waals surface area contributed by atoms with E-state index in [0.29, 0.717) is 11.7 Å². The summed E-state index contributed by atoms with van der Waals surface area (Å²) >= 11 is 0. The maximum absolute atomic E-state index is 5.94. The van der Waals surface area contributed by atoms with Gasteiger partial charge in [-0.2, -0.15) is 10.2 Å². The molecule has 0 radical (unpaired) electrons. The van der Waals surface area contributed by atoms with Crippen LogP contribution in [0.15, 0.2) is 0 Å². The Morgan fingerprint density at radius 3 is 2.53 bits per heavy atom. The first-order valence-corrected chi connectivity index (χ1v) is 6.02. The highest BCUT2D eigenvalue weighted by molar-refractivity contribution is 5.89. The summed E-state index contributed by atoms with van der Waals surface area (Å²) in [6.07, 6.45) is 0.920. The molecule has 3 N–H and O–H groups in total. The lowest BCUT2D eigenvalue weighted by Crippen LogP contribution is -2.23. The molecule has 2 aromatic rings. The van der Waals surface area contributed by atoms with Crippen LogP contribution in [0.5, 0.6) is 0 Å². The second kappa shape index (κ2) is 3.75. The highest BCUT2D eigenvalue weighted by Gasteiger charge is 2.23. The minimum absolute atomic E-state index is 0.0882. The van der Waals surface area contributed by atoms with E-state index in [1.165, 1.54) is 0 Å². The van der Waals surface area contributed by atoms with Crippen LogP contribution < -0.4 is 5.73 Å². The third-order valence-corrected chi connectivity index (χ3v) is 2.72. The predicted molar refractivity (Wildman–Crippen MR) is 69.8 cm³/mol. The fraction of sp³-hybridized carbons (Fsp3) is 0.667. The Balaban J connectivity index is 2.64. The number of nitrogen functional groups attached to an aromatic ring is 1. The molecule has 2 heterocycles. The van der Waals surface area contributed by atoms with Crippen molar-refractivity contribution in [3.8, 4) is 0 Å². The van der Waals surface area contributed by atoms with Crippen molar-refractivity contribution in [3.05, 3.63) is 5.69 Å². The molecular formula is C12H21N5. The van der Waals surface area contributed by atoms with E-state index in [-0.39, 0.29) is 5.54 Å². The molecular weight excluding hydrogens is 214 g/mol. The van der Waals surface area contributed by atoms with Gasteiger partial charge in [0.2, 0.25) is 0 Å². The molecule has 94 valence electrons. The van der Waals surface area contributed by atoms with Gasteiger partial charge in [0.1, 0.15) is 5.82 Å². The average molecular weight is 235 g/mol. The van der Waals surface area contributed by atoms with Gasteiger partial charge < -0.3 is 5.73 Å². The Kier molecular flexibility index (Phi) is 2.64. The van der Waals surface area contributed by atoms with Gasteiger partial charge in [0.05, 0.1) is 16.6 Å². The van der Waals surface area contributed by atoms with Crippen molar-refractivity contribution in [1.29, 1.82) is 0 Å². The molecule has 0 aliphatic rings. The first-order valence-electron chi connectivity index (χ1n) is 6.02. The monoisotopic (exact) mass is 235 g/mol. The number of anilines is 1. The summed E-state index contributed by atoms with van der Waals surface area (Å²) in [4.78, 5) is 0. The van der Waals surface area contributed by atoms with Crippen LogP contribution in [0, 0.1) is 5.92 Å². The van der Waals surface area contributed by atoms with Crippen molar-refractivity contribution in [1.82, 2.24) is 20.0 Å². The van der Waals surface area contributed by atoms with E-state index in [2.05, 4.69) is 49.9 Å². The second-order valence-electron chi connectivity index (χ2n) is 5.96. The van der Waals surface area contributed by atoms with E-state index in [1.807, 2.05) is 4.68 Å². The predicted octanol–water partition coefficient (Wildman–Crippen LogP) is 2.30. The topological polar surface area (TPSA) is 72.5 Å². The lowest BCUT2D eigenvalue weighted by Gasteiger charge is -2.19. The van der Waals surface area contributed by atoms with Crippen LogP contribution in [-0.2, 0) is 12.0 Å². The average Bonchev–Trinajstić information content (AvgIpc) is 2.67. The quantitative estimate of drug-likeness (QED) is 0.838. The number of nitrogens with two attached hydrogens (primary N) is 1. The number of H-pyrrole nitrogens is 1. The van der Waals surface area contributed by atoms with E-state index in [4.69, 9.17) is 5.73 Å². The molecule has 0 saturated heterocycles. The standard InChI is InChI=1S/C12H21N5/c1-7(2)6-8-9-10(13)14-15-11(9)17(16-8)12(3,4)5/h7H,6H2,1-5H3,(H3,13,14,15). The molecule has 0 unspecified atom stereocenters. The van der Waals surface area contributed by atoms with Gasteiger partial charge in [-0.3, -0.25) is 5.10 Å². The summed E-state index contributed by atoms with van der Waals surface area (Å²) in [6, 6.07) is 0. The molecule has 2 aromatic heterocycles. The number of hydrogen-bond donors (Lipinski definition) is 2. The van der Waals surface area contributed by atoms with Crippen LogP contribution in [0.2, 0.25) is 0 Å². The molecule has 0 bridgehead atoms. The number of hydrogen-bond acceptors (Lipinski definition) is 3. The van der Waals surface area contributed by atoms with Crippen molar-refractivity contribution in [3.63, 3.8) is 0 Å². The Morgan fingerprint density at radius 1 is 1.35 bits per heavy atom. The van der Waals surface area contributed by atoms with Crippen LogP contribution in [0.25, 0.3) is 11.0 Å². The van der Waals surface area contributed by atoms with E-state index in [9.17, 15) is 0 Å². The molecule has 0 aromatic carbocycles. The van der Waals surface area contributed by atoms with E-state index >= 15 is 0 Å². The lowest BCUT2D eigenvalue weighted by atomic mass is 10.1. The van der Waals surface area contributed by atoms with Gasteiger partial charge in [-0.15, -0.1) is 0 Å². The maximum Gasteiger partial charge on any atom is 0.182 e. The van der Waals surface area contributed by atoms with Gasteiger partial charge in [0.25, 0.3) is 0 Å². The summed E-state index contributed by atoms with van der Waals surface area (Å²) in [5.41, 5.74) is 7.74. The zero-order chi connectivity index (χ0) is 12.8. The Morgan fingerprint density at radius 2 is 2.00 bits per heavy atom. The second-order valence-corrected chi connectivity index (χ2v) is 5.96. The van der Waals surface area contributed by atoms with Gasteiger partial charge in [-0.05, 0) is 33.1 Å². The molecule has 0 aliphatic carbocycles. The van der Waals surface area contributed by atoms with Crippen LogP contribution in [0.4, 0.5) is 5.82 Å². The summed E-state index contributed by atoms with van der Waals surface area (Å²) in [5.74, 6) is 1.17. The maximum atomic E-state index is 5.94. The van der Waals surface area contributed by atoms with Crippen LogP contribution in [0.3, 0.4) is 0 Å². The van der Waals surface area contributed by atoms with Crippen molar-refractivity contribution in [2.75, 3.05) is 5.73 Å². The van der Waals surface area contributed by atoms with Crippen molar-refractivity contribution >= 4 is 16.9 Å². The first kappa shape index (κ1) is 12.0. The van der Waals surface area contributed by atoms with Crippen molar-refractivity contribution < 1.29 is 0 Å². The normalized spacial score (nSPS) is 12.8. The number of nitrogens with one attached hydrogen (secondary N) is 1. The van der Waals surface area contributed by atoms with Gasteiger partial charge in [0, 0.05) is 0 Å². The van der Waals surface area contributed by atoms with Crippen LogP contribution in [-0.4, -0.2) is 20.0 Å². The molecule has 5 nitrogen and oxygen atoms in total. The van der Waals surface area contributed by atoms with Crippen LogP contribution in [0.1, 0.15) is 40.3 Å². The molecule has 0 spiro atoms. The third kappa shape index (κ3) is 2.01. The summed E-state index contributed by atoms with van der Waals surface area (Å²) in [6.45, 7) is 10.7. The Labute approximate surface area is 101 Å². The summed E-state index contributed by atoms with van der Waals surface area (Å²) in [7, 11) is 0. The zero-order valence-electron chi connectivity index (χ0n) is 11.2. The SMILES string of the molecule is CC(C)Cc1nn(C(C)(C)C)c2n[nH]c(N)c12. The molecule has 2 rings (SSSR count). The van der Waals surface area contributed by atoms with Crippen molar-refractivity contribution in [2.24, 2.45) is 5.92 Å². The molecule has 5 heteroatoms. The van der Waals surface area contributed by atoms with Crippen molar-refractivity contribution in [2.45, 2.75) is 46.6 Å². The smallest absolute Gasteiger partial charge is 0.182 e. The molecule has 17 heavy (non-hydrogen) atoms. The van der Waals surface area contributed by atoms with Gasteiger partial charge >= 0.3 is 0 Å². The lowest BCUT2D eigenvalue weighted by molar-refractivity contribution is 0.361. The number of aromatic amines is 1. The number of fused-ring (bicyclic) bond motifs is 1. The molecule has 0 fully saturated rings. The van der Waals surface area contributed by atoms with E-state index in [1.54, 1.807) is 0 Å². The number of rotatable bonds is 2. The largest absolute Gasteiger partial charge is 0.383 e. The minimum atomic E-state index is -0.0882. The van der Waals surface area contributed by atoms with Gasteiger partial charge in [0.15, 0.2) is 5.65 Å². The highest BCUT2D eigenvalue weighted by Crippen LogP contribution is 2.28. The molecule has 0 saturated carbocycles. The molecule has 0 aliphatic heterocycles. The Bertz CT molecular complexity index is 527. The van der Waals surface area contributed by atoms with E-state index < -0.39 is 0 Å². The fourth-order valence-corrected chi connectivity index (χ4v) is 2.00. The molecule has 0 amide bonds. The fourth-order valence-electron chi connectivity index (χ4n) is 2.00. The minimum Gasteiger partial charge on any atom is -0.383 e. The number of aromatic nitrogens is 4. The zero-order valence-corrected chi connectivity index (χ0v) is 11.2. The third-order valence-electron chi connectivity index (χ3n) is 2.72. The summed E-state index contributed by atoms with van der Waals surface area (Å²) < 4.78 is 1.95. The molecule has 0 atom stereocenters. The van der Waals surface area contributed by atoms with Crippen LogP contribution >= 0.6 is 0 Å². The first-order chi connectivity index (χ1) is 7.80. The van der Waals surface area contributed by atoms with Gasteiger partial charge in [-0.25, -0.2) is 4.68 Å². The van der Waals surface area contributed by atoms with Gasteiger partial charge in [-0.1, -0.05) is 13.8 Å². The summed E-state index contributed by atoms with van der Waals surface area (Å²) in [5, 5.41) is 12.8.